The number of carbonyl (C=O) groups excluding carboxylic acids is 3. The molecule has 1 saturated heterocycles. The summed E-state index contributed by atoms with van der Waals surface area (Å²) >= 11 is 0.988. The van der Waals surface area contributed by atoms with Crippen molar-refractivity contribution in [1.82, 2.24) is 9.47 Å². The number of imide groups is 1. The molecule has 1 fully saturated rings. The van der Waals surface area contributed by atoms with E-state index in [1.54, 1.807) is 25.1 Å². The molecule has 1 aliphatic heterocycles. The van der Waals surface area contributed by atoms with Gasteiger partial charge in [0.25, 0.3) is 11.1 Å². The van der Waals surface area contributed by atoms with E-state index in [-0.39, 0.29) is 23.2 Å². The number of hydrogen-bond donors (Lipinski definition) is 0. The van der Waals surface area contributed by atoms with Crippen molar-refractivity contribution >= 4 is 35.0 Å². The van der Waals surface area contributed by atoms with Crippen LogP contribution in [0, 0.1) is 13.8 Å². The van der Waals surface area contributed by atoms with E-state index in [2.05, 4.69) is 4.57 Å². The predicted octanol–water partition coefficient (Wildman–Crippen LogP) is 5.11. The Balaban J connectivity index is 1.91. The highest BCUT2D eigenvalue weighted by Crippen LogP contribution is 2.35. The fourth-order valence-electron chi connectivity index (χ4n) is 3.48. The number of carbonyl (C=O) groups is 3. The van der Waals surface area contributed by atoms with Gasteiger partial charge < -0.3 is 9.30 Å². The molecule has 1 aromatic heterocycles. The number of amides is 2. The van der Waals surface area contributed by atoms with Crippen LogP contribution in [0.4, 0.5) is 4.79 Å². The molecule has 2 amide bonds. The van der Waals surface area contributed by atoms with E-state index in [9.17, 15) is 14.4 Å². The Morgan fingerprint density at radius 2 is 1.83 bits per heavy atom. The molecule has 1 atom stereocenters. The van der Waals surface area contributed by atoms with Crippen molar-refractivity contribution in [2.75, 3.05) is 6.61 Å². The van der Waals surface area contributed by atoms with Crippen molar-refractivity contribution in [3.8, 4) is 5.69 Å². The first kappa shape index (κ1) is 21.9. The number of hydrogen-bond acceptors (Lipinski definition) is 5. The molecule has 0 radical (unpaired) electrons. The number of benzene rings is 1. The van der Waals surface area contributed by atoms with Gasteiger partial charge in [0.15, 0.2) is 0 Å². The van der Waals surface area contributed by atoms with E-state index in [0.717, 1.165) is 40.8 Å². The van der Waals surface area contributed by atoms with Crippen LogP contribution >= 0.6 is 11.8 Å². The fourth-order valence-corrected chi connectivity index (χ4v) is 4.40. The molecule has 0 spiro atoms. The zero-order valence-corrected chi connectivity index (χ0v) is 18.7. The summed E-state index contributed by atoms with van der Waals surface area (Å²) in [4.78, 5) is 38.7. The summed E-state index contributed by atoms with van der Waals surface area (Å²) < 4.78 is 7.09. The molecule has 0 N–H and O–H groups in total. The summed E-state index contributed by atoms with van der Waals surface area (Å²) in [7, 11) is 0. The number of thioether (sulfide) groups is 1. The molecule has 0 aliphatic carbocycles. The van der Waals surface area contributed by atoms with E-state index in [4.69, 9.17) is 4.74 Å². The Morgan fingerprint density at radius 3 is 2.43 bits per heavy atom. The fraction of sp³-hybridized carbons (Fsp3) is 0.348. The van der Waals surface area contributed by atoms with Crippen LogP contribution in [0.15, 0.2) is 35.2 Å². The maximum Gasteiger partial charge on any atom is 0.338 e. The SMILES string of the molecule is CCOC(=O)c1ccc(-n2c(C)cc(/C=C3/SC(=O)N([C@@H](C)CC)C3=O)c2C)cc1. The molecule has 158 valence electrons. The van der Waals surface area contributed by atoms with Gasteiger partial charge in [-0.25, -0.2) is 4.79 Å². The summed E-state index contributed by atoms with van der Waals surface area (Å²) in [5.41, 5.74) is 4.24. The maximum absolute atomic E-state index is 12.7. The zero-order chi connectivity index (χ0) is 22.0. The van der Waals surface area contributed by atoms with Gasteiger partial charge in [-0.2, -0.15) is 0 Å². The molecule has 7 heteroatoms. The van der Waals surface area contributed by atoms with Crippen molar-refractivity contribution < 1.29 is 19.1 Å². The van der Waals surface area contributed by atoms with Gasteiger partial charge in [0.1, 0.15) is 0 Å². The van der Waals surface area contributed by atoms with Crippen LogP contribution in [-0.4, -0.2) is 39.2 Å². The number of aromatic nitrogens is 1. The van der Waals surface area contributed by atoms with Crippen LogP contribution in [-0.2, 0) is 9.53 Å². The second kappa shape index (κ2) is 8.92. The Hall–Kier alpha value is -2.80. The van der Waals surface area contributed by atoms with Crippen molar-refractivity contribution in [2.24, 2.45) is 0 Å². The minimum Gasteiger partial charge on any atom is -0.462 e. The van der Waals surface area contributed by atoms with Crippen LogP contribution in [0.25, 0.3) is 11.8 Å². The second-order valence-corrected chi connectivity index (χ2v) is 8.23. The Morgan fingerprint density at radius 1 is 1.17 bits per heavy atom. The van der Waals surface area contributed by atoms with Crippen LogP contribution < -0.4 is 0 Å². The summed E-state index contributed by atoms with van der Waals surface area (Å²) in [6, 6.07) is 9.09. The number of rotatable bonds is 6. The lowest BCUT2D eigenvalue weighted by Crippen LogP contribution is -2.36. The van der Waals surface area contributed by atoms with Crippen LogP contribution in [0.3, 0.4) is 0 Å². The third-order valence-corrected chi connectivity index (χ3v) is 6.13. The lowest BCUT2D eigenvalue weighted by molar-refractivity contribution is -0.124. The van der Waals surface area contributed by atoms with Crippen molar-refractivity contribution in [3.05, 3.63) is 57.8 Å². The molecule has 3 rings (SSSR count). The first-order valence-electron chi connectivity index (χ1n) is 10.0. The number of ether oxygens (including phenoxy) is 1. The lowest BCUT2D eigenvalue weighted by Gasteiger charge is -2.19. The van der Waals surface area contributed by atoms with E-state index < -0.39 is 0 Å². The predicted molar refractivity (Wildman–Crippen MR) is 119 cm³/mol. The van der Waals surface area contributed by atoms with Gasteiger partial charge in [-0.3, -0.25) is 14.5 Å². The zero-order valence-electron chi connectivity index (χ0n) is 17.9. The number of aryl methyl sites for hydroxylation is 1. The molecule has 30 heavy (non-hydrogen) atoms. The largest absolute Gasteiger partial charge is 0.462 e. The average molecular weight is 427 g/mol. The highest BCUT2D eigenvalue weighted by atomic mass is 32.2. The monoisotopic (exact) mass is 426 g/mol. The van der Waals surface area contributed by atoms with Gasteiger partial charge in [-0.05, 0) is 87.8 Å². The molecular formula is C23H26N2O4S. The van der Waals surface area contributed by atoms with Gasteiger partial charge >= 0.3 is 5.97 Å². The van der Waals surface area contributed by atoms with E-state index in [1.165, 1.54) is 4.90 Å². The second-order valence-electron chi connectivity index (χ2n) is 7.24. The quantitative estimate of drug-likeness (QED) is 0.474. The van der Waals surface area contributed by atoms with Crippen LogP contribution in [0.5, 0.6) is 0 Å². The van der Waals surface area contributed by atoms with Crippen molar-refractivity contribution in [2.45, 2.75) is 47.1 Å². The molecule has 6 nitrogen and oxygen atoms in total. The van der Waals surface area contributed by atoms with Crippen molar-refractivity contribution in [1.29, 1.82) is 0 Å². The van der Waals surface area contributed by atoms with E-state index >= 15 is 0 Å². The molecule has 1 aliphatic rings. The summed E-state index contributed by atoms with van der Waals surface area (Å²) in [6.45, 7) is 9.90. The van der Waals surface area contributed by atoms with Gasteiger partial charge in [0.05, 0.1) is 17.1 Å². The number of esters is 1. The Kier molecular flexibility index (Phi) is 6.51. The molecular weight excluding hydrogens is 400 g/mol. The first-order chi connectivity index (χ1) is 14.3. The number of nitrogens with zero attached hydrogens (tertiary/aromatic N) is 2. The minimum atomic E-state index is -0.345. The molecule has 0 bridgehead atoms. The van der Waals surface area contributed by atoms with Gasteiger partial charge in [-0.1, -0.05) is 6.92 Å². The average Bonchev–Trinajstić information content (AvgIpc) is 3.16. The van der Waals surface area contributed by atoms with Gasteiger partial charge in [-0.15, -0.1) is 0 Å². The third kappa shape index (κ3) is 4.07. The minimum absolute atomic E-state index is 0.117. The highest BCUT2D eigenvalue weighted by molar-refractivity contribution is 8.18. The molecule has 0 unspecified atom stereocenters. The van der Waals surface area contributed by atoms with Crippen LogP contribution in [0.1, 0.15) is 54.5 Å². The molecule has 0 saturated carbocycles. The summed E-state index contributed by atoms with van der Waals surface area (Å²) in [5, 5.41) is -0.219. The Bertz CT molecular complexity index is 1020. The topological polar surface area (TPSA) is 68.6 Å². The standard InChI is InChI=1S/C23H26N2O4S/c1-6-14(3)25-21(26)20(30-23(25)28)13-18-12-15(4)24(16(18)5)19-10-8-17(9-11-19)22(27)29-7-2/h8-14H,6-7H2,1-5H3/b20-13+/t14-/m0/s1. The van der Waals surface area contributed by atoms with Gasteiger partial charge in [0, 0.05) is 23.1 Å². The van der Waals surface area contributed by atoms with E-state index in [0.29, 0.717) is 17.1 Å². The maximum atomic E-state index is 12.7. The van der Waals surface area contributed by atoms with Crippen molar-refractivity contribution in [3.63, 3.8) is 0 Å². The molecule has 2 heterocycles. The third-order valence-electron chi connectivity index (χ3n) is 5.25. The van der Waals surface area contributed by atoms with Crippen LogP contribution in [0.2, 0.25) is 0 Å². The normalized spacial score (nSPS) is 16.4. The summed E-state index contributed by atoms with van der Waals surface area (Å²) in [5.74, 6) is -0.578. The molecule has 2 aromatic rings. The Labute approximate surface area is 180 Å². The lowest BCUT2D eigenvalue weighted by atomic mass is 10.2. The highest BCUT2D eigenvalue weighted by Gasteiger charge is 2.37. The van der Waals surface area contributed by atoms with Gasteiger partial charge in [0.2, 0.25) is 0 Å². The smallest absolute Gasteiger partial charge is 0.338 e. The summed E-state index contributed by atoms with van der Waals surface area (Å²) in [6.07, 6.45) is 2.51. The first-order valence-corrected chi connectivity index (χ1v) is 10.8. The molecule has 1 aromatic carbocycles. The van der Waals surface area contributed by atoms with E-state index in [1.807, 2.05) is 45.9 Å².